The van der Waals surface area contributed by atoms with Crippen molar-refractivity contribution in [3.05, 3.63) is 48.9 Å². The average Bonchev–Trinajstić information content (AvgIpc) is 3.05. The van der Waals surface area contributed by atoms with Gasteiger partial charge in [-0.25, -0.2) is 4.79 Å². The number of pyridine rings is 1. The summed E-state index contributed by atoms with van der Waals surface area (Å²) in [6, 6.07) is 8.79. The fourth-order valence-corrected chi connectivity index (χ4v) is 2.40. The van der Waals surface area contributed by atoms with Crippen molar-refractivity contribution in [3.63, 3.8) is 0 Å². The zero-order valence-electron chi connectivity index (χ0n) is 14.1. The molecule has 25 heavy (non-hydrogen) atoms. The first-order chi connectivity index (χ1) is 12.2. The van der Waals surface area contributed by atoms with Crippen LogP contribution in [-0.2, 0) is 4.74 Å². The Morgan fingerprint density at radius 1 is 1.16 bits per heavy atom. The Kier molecular flexibility index (Phi) is 5.15. The summed E-state index contributed by atoms with van der Waals surface area (Å²) in [5.74, 6) is 1.74. The number of carbonyl (C=O) groups excluding carboxylic acids is 1. The number of ether oxygens (including phenoxy) is 3. The summed E-state index contributed by atoms with van der Waals surface area (Å²) < 4.78 is 18.3. The van der Waals surface area contributed by atoms with Crippen LogP contribution in [0.2, 0.25) is 0 Å². The van der Waals surface area contributed by atoms with Crippen molar-refractivity contribution in [1.29, 1.82) is 0 Å². The lowest BCUT2D eigenvalue weighted by molar-refractivity contribution is 0.145. The van der Waals surface area contributed by atoms with Crippen LogP contribution in [0.3, 0.4) is 0 Å². The molecule has 7 heteroatoms. The highest BCUT2D eigenvalue weighted by atomic mass is 16.5. The van der Waals surface area contributed by atoms with Crippen LogP contribution in [-0.4, -0.2) is 43.0 Å². The number of amides is 1. The van der Waals surface area contributed by atoms with Crippen molar-refractivity contribution in [2.24, 2.45) is 0 Å². The third-order valence-electron chi connectivity index (χ3n) is 3.61. The van der Waals surface area contributed by atoms with E-state index in [1.54, 1.807) is 50.9 Å². The summed E-state index contributed by atoms with van der Waals surface area (Å²) in [5.41, 5.74) is 0.730. The van der Waals surface area contributed by atoms with Crippen molar-refractivity contribution in [2.75, 3.05) is 27.4 Å². The van der Waals surface area contributed by atoms with Gasteiger partial charge in [0.05, 0.1) is 12.1 Å². The molecule has 130 valence electrons. The molecule has 0 atom stereocenters. The SMILES string of the molecule is CNC(=O)n1ccc2cc(Oc3ccncc3)c(OCCOC)cc21. The molecule has 0 radical (unpaired) electrons. The Balaban J connectivity index is 2.01. The molecular weight excluding hydrogens is 322 g/mol. The largest absolute Gasteiger partial charge is 0.487 e. The normalized spacial score (nSPS) is 10.6. The molecule has 0 bridgehead atoms. The van der Waals surface area contributed by atoms with Gasteiger partial charge in [-0.1, -0.05) is 0 Å². The molecule has 0 aliphatic rings. The highest BCUT2D eigenvalue weighted by Gasteiger charge is 2.14. The lowest BCUT2D eigenvalue weighted by Gasteiger charge is -2.13. The van der Waals surface area contributed by atoms with Gasteiger partial charge in [-0.2, -0.15) is 0 Å². The first-order valence-corrected chi connectivity index (χ1v) is 7.79. The zero-order valence-corrected chi connectivity index (χ0v) is 14.1. The minimum Gasteiger partial charge on any atom is -0.487 e. The molecule has 1 aromatic carbocycles. The molecule has 0 fully saturated rings. The van der Waals surface area contributed by atoms with Gasteiger partial charge in [0.1, 0.15) is 12.4 Å². The number of hydrogen-bond acceptors (Lipinski definition) is 5. The van der Waals surface area contributed by atoms with E-state index in [9.17, 15) is 4.79 Å². The molecule has 0 aliphatic heterocycles. The lowest BCUT2D eigenvalue weighted by Crippen LogP contribution is -2.23. The van der Waals surface area contributed by atoms with Crippen LogP contribution < -0.4 is 14.8 Å². The summed E-state index contributed by atoms with van der Waals surface area (Å²) >= 11 is 0. The van der Waals surface area contributed by atoms with E-state index in [4.69, 9.17) is 14.2 Å². The highest BCUT2D eigenvalue weighted by Crippen LogP contribution is 2.36. The van der Waals surface area contributed by atoms with Crippen LogP contribution in [0.5, 0.6) is 17.2 Å². The maximum absolute atomic E-state index is 12.0. The second kappa shape index (κ2) is 7.67. The summed E-state index contributed by atoms with van der Waals surface area (Å²) in [5, 5.41) is 3.48. The molecule has 0 spiro atoms. The number of hydrogen-bond donors (Lipinski definition) is 1. The number of carbonyl (C=O) groups is 1. The molecule has 1 amide bonds. The number of rotatable bonds is 6. The molecule has 3 rings (SSSR count). The monoisotopic (exact) mass is 341 g/mol. The van der Waals surface area contributed by atoms with Crippen molar-refractivity contribution < 1.29 is 19.0 Å². The molecule has 0 unspecified atom stereocenters. The van der Waals surface area contributed by atoms with Crippen molar-refractivity contribution in [3.8, 4) is 17.2 Å². The number of benzene rings is 1. The van der Waals surface area contributed by atoms with Gasteiger partial charge in [0.2, 0.25) is 0 Å². The van der Waals surface area contributed by atoms with Crippen LogP contribution >= 0.6 is 0 Å². The van der Waals surface area contributed by atoms with Crippen molar-refractivity contribution >= 4 is 16.9 Å². The van der Waals surface area contributed by atoms with Gasteiger partial charge < -0.3 is 19.5 Å². The van der Waals surface area contributed by atoms with Crippen LogP contribution in [0.15, 0.2) is 48.9 Å². The Labute approximate surface area is 145 Å². The molecule has 0 saturated heterocycles. The predicted octanol–water partition coefficient (Wildman–Crippen LogP) is 3.04. The van der Waals surface area contributed by atoms with E-state index in [0.29, 0.717) is 30.5 Å². The van der Waals surface area contributed by atoms with Gasteiger partial charge in [-0.3, -0.25) is 9.55 Å². The minimum atomic E-state index is -0.222. The Hall–Kier alpha value is -3.06. The van der Waals surface area contributed by atoms with E-state index in [-0.39, 0.29) is 6.03 Å². The van der Waals surface area contributed by atoms with Gasteiger partial charge in [-0.05, 0) is 24.3 Å². The van der Waals surface area contributed by atoms with Crippen molar-refractivity contribution in [2.45, 2.75) is 0 Å². The molecule has 3 aromatic rings. The number of methoxy groups -OCH3 is 1. The standard InChI is InChI=1S/C18H19N3O4/c1-19-18(22)21-8-5-13-11-17(25-14-3-6-20-7-4-14)16(12-15(13)21)24-10-9-23-2/h3-8,11-12H,9-10H2,1-2H3,(H,19,22). The maximum atomic E-state index is 12.0. The van der Waals surface area contributed by atoms with E-state index in [1.807, 2.05) is 12.1 Å². The van der Waals surface area contributed by atoms with E-state index in [2.05, 4.69) is 10.3 Å². The van der Waals surface area contributed by atoms with Gasteiger partial charge in [-0.15, -0.1) is 0 Å². The molecule has 2 heterocycles. The minimum absolute atomic E-state index is 0.222. The molecule has 2 aromatic heterocycles. The Bertz CT molecular complexity index is 861. The lowest BCUT2D eigenvalue weighted by atomic mass is 10.2. The molecule has 1 N–H and O–H groups in total. The van der Waals surface area contributed by atoms with Crippen LogP contribution in [0, 0.1) is 0 Å². The number of nitrogens with one attached hydrogen (secondary N) is 1. The zero-order chi connectivity index (χ0) is 17.6. The molecule has 0 saturated carbocycles. The van der Waals surface area contributed by atoms with E-state index < -0.39 is 0 Å². The fourth-order valence-electron chi connectivity index (χ4n) is 2.40. The topological polar surface area (TPSA) is 74.6 Å². The van der Waals surface area contributed by atoms with E-state index >= 15 is 0 Å². The number of fused-ring (bicyclic) bond motifs is 1. The molecular formula is C18H19N3O4. The molecule has 0 aliphatic carbocycles. The highest BCUT2D eigenvalue weighted by molar-refractivity contribution is 5.93. The number of nitrogens with zero attached hydrogens (tertiary/aromatic N) is 2. The Morgan fingerprint density at radius 3 is 2.68 bits per heavy atom. The van der Waals surface area contributed by atoms with E-state index in [1.165, 1.54) is 4.57 Å². The predicted molar refractivity (Wildman–Crippen MR) is 93.5 cm³/mol. The number of aromatic nitrogens is 2. The smallest absolute Gasteiger partial charge is 0.325 e. The van der Waals surface area contributed by atoms with Gasteiger partial charge in [0, 0.05) is 44.2 Å². The van der Waals surface area contributed by atoms with E-state index in [0.717, 1.165) is 10.9 Å². The first kappa shape index (κ1) is 16.8. The first-order valence-electron chi connectivity index (χ1n) is 7.79. The fraction of sp³-hybridized carbons (Fsp3) is 0.222. The third-order valence-corrected chi connectivity index (χ3v) is 3.61. The van der Waals surface area contributed by atoms with Crippen LogP contribution in [0.1, 0.15) is 0 Å². The quantitative estimate of drug-likeness (QED) is 0.698. The summed E-state index contributed by atoms with van der Waals surface area (Å²) in [4.78, 5) is 16.0. The van der Waals surface area contributed by atoms with Gasteiger partial charge in [0.25, 0.3) is 0 Å². The summed E-state index contributed by atoms with van der Waals surface area (Å²) in [6.45, 7) is 0.818. The third kappa shape index (κ3) is 3.72. The maximum Gasteiger partial charge on any atom is 0.325 e. The van der Waals surface area contributed by atoms with Crippen molar-refractivity contribution in [1.82, 2.24) is 14.9 Å². The summed E-state index contributed by atoms with van der Waals surface area (Å²) in [6.07, 6.45) is 5.02. The second-order valence-electron chi connectivity index (χ2n) is 5.22. The van der Waals surface area contributed by atoms with Gasteiger partial charge >= 0.3 is 6.03 Å². The Morgan fingerprint density at radius 2 is 1.96 bits per heavy atom. The second-order valence-corrected chi connectivity index (χ2v) is 5.22. The average molecular weight is 341 g/mol. The van der Waals surface area contributed by atoms with Crippen LogP contribution in [0.25, 0.3) is 10.9 Å². The van der Waals surface area contributed by atoms with Crippen LogP contribution in [0.4, 0.5) is 4.79 Å². The van der Waals surface area contributed by atoms with Gasteiger partial charge in [0.15, 0.2) is 11.5 Å². The molecule has 7 nitrogen and oxygen atoms in total. The summed E-state index contributed by atoms with van der Waals surface area (Å²) in [7, 11) is 3.20.